The normalized spacial score (nSPS) is 18.0. The fourth-order valence-electron chi connectivity index (χ4n) is 2.74. The van der Waals surface area contributed by atoms with Gasteiger partial charge in [-0.15, -0.1) is 0 Å². The minimum Gasteiger partial charge on any atom is -0.503 e. The van der Waals surface area contributed by atoms with Gasteiger partial charge in [-0.3, -0.25) is 9.59 Å². The number of hydrogen-bond donors (Lipinski definition) is 2. The van der Waals surface area contributed by atoms with Gasteiger partial charge in [0.05, 0.1) is 17.9 Å². The summed E-state index contributed by atoms with van der Waals surface area (Å²) in [5.74, 6) is -1.62. The fraction of sp³-hybridized carbons (Fsp3) is 0.263. The molecule has 5 nitrogen and oxygen atoms in total. The predicted molar refractivity (Wildman–Crippen MR) is 88.7 cm³/mol. The Morgan fingerprint density at radius 2 is 1.83 bits per heavy atom. The summed E-state index contributed by atoms with van der Waals surface area (Å²) in [5.41, 5.74) is 1.89. The molecular formula is C19H19NO4. The molecule has 1 aromatic heterocycles. The molecule has 3 rings (SSSR count). The zero-order valence-corrected chi connectivity index (χ0v) is 13.8. The van der Waals surface area contributed by atoms with E-state index in [0.717, 1.165) is 11.1 Å². The highest BCUT2D eigenvalue weighted by Crippen LogP contribution is 2.33. The van der Waals surface area contributed by atoms with E-state index in [2.05, 4.69) is 26.1 Å². The van der Waals surface area contributed by atoms with Crippen LogP contribution in [-0.4, -0.2) is 16.8 Å². The summed E-state index contributed by atoms with van der Waals surface area (Å²) in [6, 6.07) is 10.0. The third kappa shape index (κ3) is 2.73. The van der Waals surface area contributed by atoms with Crippen molar-refractivity contribution in [1.82, 2.24) is 5.32 Å². The molecule has 24 heavy (non-hydrogen) atoms. The molecule has 1 aliphatic heterocycles. The number of aliphatic hydroxyl groups is 1. The van der Waals surface area contributed by atoms with Gasteiger partial charge >= 0.3 is 0 Å². The molecule has 124 valence electrons. The minimum atomic E-state index is -0.691. The number of rotatable bonds is 3. The van der Waals surface area contributed by atoms with Gasteiger partial charge in [-0.05, 0) is 28.7 Å². The average molecular weight is 325 g/mol. The Hall–Kier alpha value is -2.82. The zero-order chi connectivity index (χ0) is 17.5. The molecule has 1 aliphatic rings. The van der Waals surface area contributed by atoms with Crippen LogP contribution in [0.15, 0.2) is 58.4 Å². The molecule has 2 N–H and O–H groups in total. The van der Waals surface area contributed by atoms with Crippen molar-refractivity contribution in [1.29, 1.82) is 0 Å². The van der Waals surface area contributed by atoms with Crippen LogP contribution in [0.25, 0.3) is 0 Å². The minimum absolute atomic E-state index is 0.00223. The molecule has 1 aromatic carbocycles. The van der Waals surface area contributed by atoms with Gasteiger partial charge in [0.2, 0.25) is 5.78 Å². The second kappa shape index (κ2) is 5.67. The van der Waals surface area contributed by atoms with E-state index < -0.39 is 23.5 Å². The Labute approximate surface area is 140 Å². The molecule has 0 unspecified atom stereocenters. The molecule has 0 fully saturated rings. The van der Waals surface area contributed by atoms with Crippen LogP contribution in [0.4, 0.5) is 0 Å². The number of aliphatic hydroxyl groups excluding tert-OH is 1. The fourth-order valence-corrected chi connectivity index (χ4v) is 2.74. The molecular weight excluding hydrogens is 306 g/mol. The molecule has 1 atom stereocenters. The van der Waals surface area contributed by atoms with E-state index in [-0.39, 0.29) is 16.7 Å². The van der Waals surface area contributed by atoms with Gasteiger partial charge in [0.15, 0.2) is 11.5 Å². The highest BCUT2D eigenvalue weighted by molar-refractivity contribution is 6.14. The topological polar surface area (TPSA) is 79.5 Å². The second-order valence-electron chi connectivity index (χ2n) is 6.85. The average Bonchev–Trinajstić information content (AvgIpc) is 3.16. The van der Waals surface area contributed by atoms with E-state index in [1.807, 2.05) is 24.3 Å². The Morgan fingerprint density at radius 1 is 1.17 bits per heavy atom. The number of ketones is 1. The first-order valence-electron chi connectivity index (χ1n) is 7.71. The summed E-state index contributed by atoms with van der Waals surface area (Å²) >= 11 is 0. The molecule has 5 heteroatoms. The van der Waals surface area contributed by atoms with Gasteiger partial charge in [-0.1, -0.05) is 45.0 Å². The summed E-state index contributed by atoms with van der Waals surface area (Å²) in [4.78, 5) is 24.4. The number of hydrogen-bond acceptors (Lipinski definition) is 4. The highest BCUT2D eigenvalue weighted by Gasteiger charge is 2.38. The molecule has 2 heterocycles. The Bertz CT molecular complexity index is 808. The van der Waals surface area contributed by atoms with Crippen LogP contribution >= 0.6 is 0 Å². The maximum atomic E-state index is 12.6. The van der Waals surface area contributed by atoms with Crippen LogP contribution in [0.3, 0.4) is 0 Å². The first kappa shape index (κ1) is 16.1. The van der Waals surface area contributed by atoms with Gasteiger partial charge in [0.1, 0.15) is 0 Å². The van der Waals surface area contributed by atoms with E-state index in [9.17, 15) is 14.7 Å². The van der Waals surface area contributed by atoms with E-state index in [0.29, 0.717) is 0 Å². The van der Waals surface area contributed by atoms with Crippen molar-refractivity contribution in [3.8, 4) is 0 Å². The molecule has 0 bridgehead atoms. The third-order valence-electron chi connectivity index (χ3n) is 4.13. The summed E-state index contributed by atoms with van der Waals surface area (Å²) in [7, 11) is 0. The number of nitrogens with one attached hydrogen (secondary N) is 1. The number of carbonyl (C=O) groups is 2. The lowest BCUT2D eigenvalue weighted by Gasteiger charge is -2.20. The molecule has 0 saturated heterocycles. The Morgan fingerprint density at radius 3 is 2.38 bits per heavy atom. The zero-order valence-electron chi connectivity index (χ0n) is 13.8. The standard InChI is InChI=1S/C19H19NO4/c1-19(2,3)12-8-6-11(7-9-12)15-14(17(22)18(23)20-15)16(21)13-5-4-10-24-13/h4-10,15,22H,1-3H3,(H,20,23)/t15-/m1/s1. The van der Waals surface area contributed by atoms with Gasteiger partial charge < -0.3 is 14.8 Å². The summed E-state index contributed by atoms with van der Waals surface area (Å²) in [5, 5.41) is 12.7. The Kier molecular flexibility index (Phi) is 3.79. The number of benzene rings is 1. The van der Waals surface area contributed by atoms with E-state index in [1.54, 1.807) is 6.07 Å². The Balaban J connectivity index is 1.98. The van der Waals surface area contributed by atoms with Crippen molar-refractivity contribution in [2.24, 2.45) is 0 Å². The lowest BCUT2D eigenvalue weighted by atomic mass is 9.85. The van der Waals surface area contributed by atoms with Crippen molar-refractivity contribution in [2.45, 2.75) is 32.2 Å². The van der Waals surface area contributed by atoms with Crippen molar-refractivity contribution < 1.29 is 19.1 Å². The largest absolute Gasteiger partial charge is 0.503 e. The van der Waals surface area contributed by atoms with Crippen molar-refractivity contribution >= 4 is 11.7 Å². The molecule has 0 saturated carbocycles. The smallest absolute Gasteiger partial charge is 0.287 e. The van der Waals surface area contributed by atoms with Crippen LogP contribution in [0.2, 0.25) is 0 Å². The van der Waals surface area contributed by atoms with Crippen LogP contribution < -0.4 is 5.32 Å². The highest BCUT2D eigenvalue weighted by atomic mass is 16.3. The van der Waals surface area contributed by atoms with Gasteiger partial charge in [-0.2, -0.15) is 0 Å². The van der Waals surface area contributed by atoms with Crippen LogP contribution in [0.5, 0.6) is 0 Å². The van der Waals surface area contributed by atoms with Gasteiger partial charge in [0, 0.05) is 0 Å². The quantitative estimate of drug-likeness (QED) is 0.847. The van der Waals surface area contributed by atoms with E-state index >= 15 is 0 Å². The lowest BCUT2D eigenvalue weighted by molar-refractivity contribution is -0.119. The number of furan rings is 1. The predicted octanol–water partition coefficient (Wildman–Crippen LogP) is 3.44. The summed E-state index contributed by atoms with van der Waals surface area (Å²) < 4.78 is 5.11. The number of amides is 1. The summed E-state index contributed by atoms with van der Waals surface area (Å²) in [6.45, 7) is 6.32. The maximum absolute atomic E-state index is 12.6. The van der Waals surface area contributed by atoms with Crippen LogP contribution in [-0.2, 0) is 10.2 Å². The lowest BCUT2D eigenvalue weighted by Crippen LogP contribution is -2.23. The van der Waals surface area contributed by atoms with Crippen molar-refractivity contribution in [3.05, 3.63) is 70.9 Å². The molecule has 2 aromatic rings. The van der Waals surface area contributed by atoms with E-state index in [1.165, 1.54) is 12.3 Å². The monoisotopic (exact) mass is 325 g/mol. The van der Waals surface area contributed by atoms with Gasteiger partial charge in [0.25, 0.3) is 5.91 Å². The SMILES string of the molecule is CC(C)(C)c1ccc([C@H]2NC(=O)C(O)=C2C(=O)c2ccco2)cc1. The summed E-state index contributed by atoms with van der Waals surface area (Å²) in [6.07, 6.45) is 1.38. The van der Waals surface area contributed by atoms with Crippen LogP contribution in [0, 0.1) is 0 Å². The molecule has 0 radical (unpaired) electrons. The van der Waals surface area contributed by atoms with Gasteiger partial charge in [-0.25, -0.2) is 0 Å². The van der Waals surface area contributed by atoms with Crippen molar-refractivity contribution in [3.63, 3.8) is 0 Å². The second-order valence-corrected chi connectivity index (χ2v) is 6.85. The van der Waals surface area contributed by atoms with Crippen LogP contribution in [0.1, 0.15) is 48.5 Å². The first-order chi connectivity index (χ1) is 11.3. The molecule has 1 amide bonds. The molecule has 0 aliphatic carbocycles. The molecule has 0 spiro atoms. The maximum Gasteiger partial charge on any atom is 0.287 e. The van der Waals surface area contributed by atoms with E-state index in [4.69, 9.17) is 4.42 Å². The first-order valence-corrected chi connectivity index (χ1v) is 7.71. The third-order valence-corrected chi connectivity index (χ3v) is 4.13. The van der Waals surface area contributed by atoms with Crippen molar-refractivity contribution in [2.75, 3.05) is 0 Å². The number of carbonyl (C=O) groups excluding carboxylic acids is 2. The number of Topliss-reactive ketones (excluding diaryl/α,β-unsaturated/α-hetero) is 1.